The number of fused-ring (bicyclic) bond motifs is 1. The highest BCUT2D eigenvalue weighted by molar-refractivity contribution is 6.31. The summed E-state index contributed by atoms with van der Waals surface area (Å²) in [6.45, 7) is 0. The molecular formula is C14H10Cl2N2. The van der Waals surface area contributed by atoms with Crippen molar-refractivity contribution < 1.29 is 0 Å². The molecule has 0 fully saturated rings. The lowest BCUT2D eigenvalue weighted by atomic mass is 10.1. The van der Waals surface area contributed by atoms with Crippen LogP contribution in [0.2, 0.25) is 10.0 Å². The van der Waals surface area contributed by atoms with Gasteiger partial charge >= 0.3 is 0 Å². The van der Waals surface area contributed by atoms with E-state index >= 15 is 0 Å². The quantitative estimate of drug-likeness (QED) is 0.685. The standard InChI is InChI=1S/C14H10Cl2N2/c15-11-3-1-2-10(6-11)7-13-9-18-5-4-12(16)8-14(18)17-13/h1-6,8-9H,7H2. The molecule has 0 atom stereocenters. The first kappa shape index (κ1) is 11.6. The van der Waals surface area contributed by atoms with Crippen LogP contribution in [0.3, 0.4) is 0 Å². The van der Waals surface area contributed by atoms with E-state index in [0.717, 1.165) is 28.3 Å². The molecule has 0 unspecified atom stereocenters. The Labute approximate surface area is 115 Å². The Hall–Kier alpha value is -1.51. The molecule has 0 saturated carbocycles. The molecule has 2 aromatic heterocycles. The van der Waals surface area contributed by atoms with Gasteiger partial charge in [0.15, 0.2) is 0 Å². The minimum Gasteiger partial charge on any atom is -0.307 e. The maximum absolute atomic E-state index is 5.97. The predicted octanol–water partition coefficient (Wildman–Crippen LogP) is 4.23. The summed E-state index contributed by atoms with van der Waals surface area (Å²) < 4.78 is 1.96. The number of halogens is 2. The van der Waals surface area contributed by atoms with E-state index in [1.165, 1.54) is 0 Å². The van der Waals surface area contributed by atoms with Crippen LogP contribution in [-0.2, 0) is 6.42 Å². The number of benzene rings is 1. The molecular weight excluding hydrogens is 267 g/mol. The summed E-state index contributed by atoms with van der Waals surface area (Å²) in [5, 5.41) is 1.45. The SMILES string of the molecule is Clc1cccc(Cc2cn3ccc(Cl)cc3n2)c1. The molecule has 0 bridgehead atoms. The van der Waals surface area contributed by atoms with Crippen molar-refractivity contribution in [2.45, 2.75) is 6.42 Å². The number of aromatic nitrogens is 2. The first-order valence-corrected chi connectivity index (χ1v) is 6.34. The Bertz CT molecular complexity index is 704. The van der Waals surface area contributed by atoms with Crippen LogP contribution in [0.5, 0.6) is 0 Å². The maximum Gasteiger partial charge on any atom is 0.138 e. The lowest BCUT2D eigenvalue weighted by Gasteiger charge is -1.97. The molecule has 0 amide bonds. The van der Waals surface area contributed by atoms with Crippen LogP contribution in [0.15, 0.2) is 48.8 Å². The minimum absolute atomic E-state index is 0.697. The largest absolute Gasteiger partial charge is 0.307 e. The van der Waals surface area contributed by atoms with E-state index in [9.17, 15) is 0 Å². The lowest BCUT2D eigenvalue weighted by Crippen LogP contribution is -1.87. The van der Waals surface area contributed by atoms with Crippen molar-refractivity contribution >= 4 is 28.8 Å². The number of hydrogen-bond donors (Lipinski definition) is 0. The molecule has 0 aliphatic carbocycles. The smallest absolute Gasteiger partial charge is 0.138 e. The number of pyridine rings is 1. The van der Waals surface area contributed by atoms with E-state index in [2.05, 4.69) is 4.98 Å². The molecule has 0 radical (unpaired) electrons. The third kappa shape index (κ3) is 2.35. The highest BCUT2D eigenvalue weighted by Gasteiger charge is 2.03. The van der Waals surface area contributed by atoms with Gasteiger partial charge in [-0.3, -0.25) is 0 Å². The van der Waals surface area contributed by atoms with E-state index < -0.39 is 0 Å². The summed E-state index contributed by atoms with van der Waals surface area (Å²) in [5.74, 6) is 0. The number of rotatable bonds is 2. The summed E-state index contributed by atoms with van der Waals surface area (Å²) in [7, 11) is 0. The molecule has 2 heterocycles. The highest BCUT2D eigenvalue weighted by Crippen LogP contribution is 2.16. The van der Waals surface area contributed by atoms with Crippen LogP contribution < -0.4 is 0 Å². The van der Waals surface area contributed by atoms with E-state index in [4.69, 9.17) is 23.2 Å². The van der Waals surface area contributed by atoms with Crippen LogP contribution in [0, 0.1) is 0 Å². The maximum atomic E-state index is 5.97. The Morgan fingerprint density at radius 3 is 2.72 bits per heavy atom. The van der Waals surface area contributed by atoms with Gasteiger partial charge in [-0.05, 0) is 29.8 Å². The molecule has 1 aromatic carbocycles. The van der Waals surface area contributed by atoms with Crippen LogP contribution >= 0.6 is 23.2 Å². The van der Waals surface area contributed by atoms with Crippen molar-refractivity contribution in [2.75, 3.05) is 0 Å². The fourth-order valence-corrected chi connectivity index (χ4v) is 2.32. The van der Waals surface area contributed by atoms with Gasteiger partial charge in [0, 0.05) is 28.9 Å². The first-order chi connectivity index (χ1) is 8.70. The fraction of sp³-hybridized carbons (Fsp3) is 0.0714. The van der Waals surface area contributed by atoms with Gasteiger partial charge in [0.1, 0.15) is 5.65 Å². The zero-order valence-electron chi connectivity index (χ0n) is 9.48. The third-order valence-corrected chi connectivity index (χ3v) is 3.22. The van der Waals surface area contributed by atoms with Crippen LogP contribution in [0.25, 0.3) is 5.65 Å². The summed E-state index contributed by atoms with van der Waals surface area (Å²) in [6, 6.07) is 11.5. The molecule has 0 saturated heterocycles. The predicted molar refractivity (Wildman–Crippen MR) is 74.5 cm³/mol. The molecule has 90 valence electrons. The third-order valence-electron chi connectivity index (χ3n) is 2.75. The van der Waals surface area contributed by atoms with Gasteiger partial charge in [0.2, 0.25) is 0 Å². The zero-order chi connectivity index (χ0) is 12.5. The van der Waals surface area contributed by atoms with Gasteiger partial charge in [0.25, 0.3) is 0 Å². The van der Waals surface area contributed by atoms with Crippen molar-refractivity contribution in [1.82, 2.24) is 9.38 Å². The molecule has 3 aromatic rings. The Morgan fingerprint density at radius 1 is 1.06 bits per heavy atom. The number of imidazole rings is 1. The average Bonchev–Trinajstić information content (AvgIpc) is 2.70. The molecule has 0 aliphatic rings. The van der Waals surface area contributed by atoms with Crippen LogP contribution in [0.4, 0.5) is 0 Å². The van der Waals surface area contributed by atoms with E-state index in [1.54, 1.807) is 0 Å². The molecule has 2 nitrogen and oxygen atoms in total. The average molecular weight is 277 g/mol. The van der Waals surface area contributed by atoms with Gasteiger partial charge in [-0.15, -0.1) is 0 Å². The number of hydrogen-bond acceptors (Lipinski definition) is 1. The summed E-state index contributed by atoms with van der Waals surface area (Å²) in [4.78, 5) is 4.53. The van der Waals surface area contributed by atoms with Crippen molar-refractivity contribution in [3.63, 3.8) is 0 Å². The normalized spacial score (nSPS) is 11.0. The highest BCUT2D eigenvalue weighted by atomic mass is 35.5. The summed E-state index contributed by atoms with van der Waals surface area (Å²) in [5.41, 5.74) is 3.01. The monoisotopic (exact) mass is 276 g/mol. The van der Waals surface area contributed by atoms with Crippen molar-refractivity contribution in [2.24, 2.45) is 0 Å². The second-order valence-electron chi connectivity index (χ2n) is 4.15. The zero-order valence-corrected chi connectivity index (χ0v) is 11.0. The molecule has 0 aliphatic heterocycles. The fourth-order valence-electron chi connectivity index (χ4n) is 1.95. The Balaban J connectivity index is 1.95. The van der Waals surface area contributed by atoms with Crippen LogP contribution in [0.1, 0.15) is 11.3 Å². The topological polar surface area (TPSA) is 17.3 Å². The van der Waals surface area contributed by atoms with E-state index in [1.807, 2.05) is 53.2 Å². The molecule has 3 rings (SSSR count). The second kappa shape index (κ2) is 4.63. The van der Waals surface area contributed by atoms with Gasteiger partial charge in [0.05, 0.1) is 5.69 Å². The van der Waals surface area contributed by atoms with Gasteiger partial charge in [-0.25, -0.2) is 4.98 Å². The van der Waals surface area contributed by atoms with E-state index in [0.29, 0.717) is 5.02 Å². The Morgan fingerprint density at radius 2 is 1.89 bits per heavy atom. The van der Waals surface area contributed by atoms with Crippen molar-refractivity contribution in [1.29, 1.82) is 0 Å². The molecule has 4 heteroatoms. The summed E-state index contributed by atoms with van der Waals surface area (Å²) in [6.07, 6.45) is 4.68. The number of nitrogens with zero attached hydrogens (tertiary/aromatic N) is 2. The van der Waals surface area contributed by atoms with Crippen LogP contribution in [-0.4, -0.2) is 9.38 Å². The second-order valence-corrected chi connectivity index (χ2v) is 5.02. The first-order valence-electron chi connectivity index (χ1n) is 5.58. The van der Waals surface area contributed by atoms with Crippen molar-refractivity contribution in [3.05, 3.63) is 70.1 Å². The summed E-state index contributed by atoms with van der Waals surface area (Å²) >= 11 is 11.9. The molecule has 0 N–H and O–H groups in total. The van der Waals surface area contributed by atoms with Gasteiger partial charge in [-0.1, -0.05) is 35.3 Å². The lowest BCUT2D eigenvalue weighted by molar-refractivity contribution is 1.11. The minimum atomic E-state index is 0.697. The van der Waals surface area contributed by atoms with E-state index in [-0.39, 0.29) is 0 Å². The van der Waals surface area contributed by atoms with Crippen molar-refractivity contribution in [3.8, 4) is 0 Å². The molecule has 18 heavy (non-hydrogen) atoms. The van der Waals surface area contributed by atoms with Gasteiger partial charge in [-0.2, -0.15) is 0 Å². The van der Waals surface area contributed by atoms with Gasteiger partial charge < -0.3 is 4.40 Å². The Kier molecular flexibility index (Phi) is 2.98. The molecule has 0 spiro atoms.